The molecular weight excluding hydrogens is 426 g/mol. The van der Waals surface area contributed by atoms with E-state index < -0.39 is 16.9 Å². The number of nitrogens with one attached hydrogen (secondary N) is 2. The van der Waals surface area contributed by atoms with E-state index in [1.165, 1.54) is 12.1 Å². The van der Waals surface area contributed by atoms with E-state index in [-0.39, 0.29) is 18.3 Å². The van der Waals surface area contributed by atoms with Gasteiger partial charge in [-0.1, -0.05) is 12.1 Å². The Morgan fingerprint density at radius 3 is 2.48 bits per heavy atom. The van der Waals surface area contributed by atoms with Gasteiger partial charge in [-0.25, -0.2) is 10.2 Å². The Hall–Kier alpha value is -4.34. The number of carbonyl (C=O) groups is 2. The van der Waals surface area contributed by atoms with Gasteiger partial charge in [-0.2, -0.15) is 0 Å². The van der Waals surface area contributed by atoms with E-state index in [1.807, 2.05) is 30.6 Å². The van der Waals surface area contributed by atoms with E-state index in [4.69, 9.17) is 4.74 Å². The summed E-state index contributed by atoms with van der Waals surface area (Å²) in [5, 5.41) is 10.9. The van der Waals surface area contributed by atoms with Gasteiger partial charge in [0.2, 0.25) is 0 Å². The number of carbonyl (C=O) groups excluding carboxylic acids is 2. The van der Waals surface area contributed by atoms with Crippen LogP contribution in [0.1, 0.15) is 23.2 Å². The highest BCUT2D eigenvalue weighted by Gasteiger charge is 2.26. The molecule has 10 nitrogen and oxygen atoms in total. The van der Waals surface area contributed by atoms with Crippen molar-refractivity contribution in [2.75, 3.05) is 18.1 Å². The average molecular weight is 449 g/mol. The lowest BCUT2D eigenvalue weighted by atomic mass is 10.1. The molecular formula is C23H23N5O5. The van der Waals surface area contributed by atoms with Crippen molar-refractivity contribution >= 4 is 23.4 Å². The second kappa shape index (κ2) is 9.86. The van der Waals surface area contributed by atoms with Crippen molar-refractivity contribution in [2.24, 2.45) is 0 Å². The van der Waals surface area contributed by atoms with Crippen molar-refractivity contribution in [1.29, 1.82) is 0 Å². The van der Waals surface area contributed by atoms with Crippen LogP contribution in [0.2, 0.25) is 0 Å². The molecule has 1 saturated heterocycles. The molecule has 1 fully saturated rings. The van der Waals surface area contributed by atoms with Gasteiger partial charge in [0.1, 0.15) is 6.61 Å². The summed E-state index contributed by atoms with van der Waals surface area (Å²) in [7, 11) is 0. The lowest BCUT2D eigenvalue weighted by Gasteiger charge is -2.26. The molecule has 0 spiro atoms. The number of hydrogen-bond donors (Lipinski definition) is 2. The summed E-state index contributed by atoms with van der Waals surface area (Å²) in [6.45, 7) is 0.888. The number of hydrogen-bond acceptors (Lipinski definition) is 6. The number of rotatable bonds is 6. The van der Waals surface area contributed by atoms with Crippen LogP contribution < -0.4 is 15.8 Å². The lowest BCUT2D eigenvalue weighted by Crippen LogP contribution is -2.43. The third-order valence-corrected chi connectivity index (χ3v) is 5.49. The lowest BCUT2D eigenvalue weighted by molar-refractivity contribution is -0.384. The molecule has 0 bridgehead atoms. The van der Waals surface area contributed by atoms with Crippen LogP contribution in [-0.2, 0) is 4.74 Å². The maximum absolute atomic E-state index is 12.6. The molecule has 2 heterocycles. The number of nitrogens with zero attached hydrogens (tertiary/aromatic N) is 3. The minimum absolute atomic E-state index is 0.0271. The standard InChI is InChI=1S/C23H23N5O5/c29-22(20-7-1-2-8-21(20)26-13-3-4-14-26)24-25-23(30)33-16-19-6-5-15-27(19)17-9-11-18(12-10-17)28(31)32/h1-4,7-14,19H,5-6,15-16H2,(H,24,29)(H,25,30). The van der Waals surface area contributed by atoms with Gasteiger partial charge in [-0.15, -0.1) is 0 Å². The van der Waals surface area contributed by atoms with Gasteiger partial charge in [0.25, 0.3) is 11.6 Å². The van der Waals surface area contributed by atoms with Crippen molar-refractivity contribution in [2.45, 2.75) is 18.9 Å². The summed E-state index contributed by atoms with van der Waals surface area (Å²) in [4.78, 5) is 37.2. The van der Waals surface area contributed by atoms with Crippen molar-refractivity contribution in [3.8, 4) is 5.69 Å². The molecule has 1 aliphatic rings. The van der Waals surface area contributed by atoms with Gasteiger partial charge >= 0.3 is 6.09 Å². The predicted octanol–water partition coefficient (Wildman–Crippen LogP) is 3.43. The number of para-hydroxylation sites is 1. The van der Waals surface area contributed by atoms with Crippen LogP contribution in [0.4, 0.5) is 16.2 Å². The van der Waals surface area contributed by atoms with Crippen LogP contribution in [0.15, 0.2) is 73.1 Å². The second-order valence-corrected chi connectivity index (χ2v) is 7.55. The molecule has 33 heavy (non-hydrogen) atoms. The quantitative estimate of drug-likeness (QED) is 0.440. The second-order valence-electron chi connectivity index (χ2n) is 7.55. The Morgan fingerprint density at radius 2 is 1.76 bits per heavy atom. The molecule has 1 aliphatic heterocycles. The first kappa shape index (κ1) is 21.9. The molecule has 0 aliphatic carbocycles. The topological polar surface area (TPSA) is 119 Å². The van der Waals surface area contributed by atoms with E-state index in [0.717, 1.165) is 25.1 Å². The number of anilines is 1. The van der Waals surface area contributed by atoms with Crippen LogP contribution >= 0.6 is 0 Å². The molecule has 1 atom stereocenters. The van der Waals surface area contributed by atoms with E-state index in [0.29, 0.717) is 11.3 Å². The van der Waals surface area contributed by atoms with Gasteiger partial charge in [0.05, 0.1) is 22.2 Å². The maximum atomic E-state index is 12.6. The highest BCUT2D eigenvalue weighted by atomic mass is 16.6. The van der Waals surface area contributed by atoms with Crippen LogP contribution in [-0.4, -0.2) is 40.7 Å². The molecule has 0 radical (unpaired) electrons. The zero-order valence-corrected chi connectivity index (χ0v) is 17.7. The Labute approximate surface area is 189 Å². The van der Waals surface area contributed by atoms with Gasteiger partial charge in [-0.05, 0) is 49.2 Å². The molecule has 0 saturated carbocycles. The maximum Gasteiger partial charge on any atom is 0.426 e. The van der Waals surface area contributed by atoms with Crippen LogP contribution in [0.5, 0.6) is 0 Å². The molecule has 10 heteroatoms. The highest BCUT2D eigenvalue weighted by Crippen LogP contribution is 2.27. The molecule has 1 unspecified atom stereocenters. The summed E-state index contributed by atoms with van der Waals surface area (Å²) in [6, 6.07) is 17.0. The number of hydrazine groups is 1. The van der Waals surface area contributed by atoms with Gasteiger partial charge in [0, 0.05) is 36.8 Å². The molecule has 170 valence electrons. The Kier molecular flexibility index (Phi) is 6.53. The zero-order chi connectivity index (χ0) is 23.2. The molecule has 2 amide bonds. The number of aromatic nitrogens is 1. The first-order valence-electron chi connectivity index (χ1n) is 10.5. The monoisotopic (exact) mass is 449 g/mol. The van der Waals surface area contributed by atoms with E-state index >= 15 is 0 Å². The molecule has 2 N–H and O–H groups in total. The number of nitro benzene ring substituents is 1. The fourth-order valence-corrected chi connectivity index (χ4v) is 3.88. The summed E-state index contributed by atoms with van der Waals surface area (Å²) >= 11 is 0. The van der Waals surface area contributed by atoms with Crippen molar-refractivity contribution in [1.82, 2.24) is 15.4 Å². The molecule has 4 rings (SSSR count). The fraction of sp³-hybridized carbons (Fsp3) is 0.217. The van der Waals surface area contributed by atoms with Crippen LogP contribution in [0.25, 0.3) is 5.69 Å². The largest absolute Gasteiger partial charge is 0.446 e. The van der Waals surface area contributed by atoms with Gasteiger partial charge in [0.15, 0.2) is 0 Å². The highest BCUT2D eigenvalue weighted by molar-refractivity contribution is 5.98. The van der Waals surface area contributed by atoms with Crippen molar-refractivity contribution in [3.05, 3.63) is 88.7 Å². The third kappa shape index (κ3) is 5.12. The Balaban J connectivity index is 1.30. The number of benzene rings is 2. The number of ether oxygens (including phenoxy) is 1. The minimum atomic E-state index is -0.766. The van der Waals surface area contributed by atoms with Gasteiger partial charge in [-0.3, -0.25) is 20.3 Å². The summed E-state index contributed by atoms with van der Waals surface area (Å²) in [5.74, 6) is -0.468. The normalized spacial score (nSPS) is 15.2. The Morgan fingerprint density at radius 1 is 1.03 bits per heavy atom. The summed E-state index contributed by atoms with van der Waals surface area (Å²) < 4.78 is 7.11. The van der Waals surface area contributed by atoms with Crippen molar-refractivity contribution < 1.29 is 19.2 Å². The predicted molar refractivity (Wildman–Crippen MR) is 121 cm³/mol. The number of amides is 2. The summed E-state index contributed by atoms with van der Waals surface area (Å²) in [5.41, 5.74) is 6.61. The van der Waals surface area contributed by atoms with E-state index in [1.54, 1.807) is 34.9 Å². The third-order valence-electron chi connectivity index (χ3n) is 5.49. The Bertz CT molecular complexity index is 1130. The van der Waals surface area contributed by atoms with Crippen LogP contribution in [0.3, 0.4) is 0 Å². The average Bonchev–Trinajstić information content (AvgIpc) is 3.53. The molecule has 3 aromatic rings. The smallest absolute Gasteiger partial charge is 0.426 e. The van der Waals surface area contributed by atoms with Crippen molar-refractivity contribution in [3.63, 3.8) is 0 Å². The minimum Gasteiger partial charge on any atom is -0.446 e. The van der Waals surface area contributed by atoms with Crippen LogP contribution in [0, 0.1) is 10.1 Å². The van der Waals surface area contributed by atoms with E-state index in [9.17, 15) is 19.7 Å². The first-order valence-corrected chi connectivity index (χ1v) is 10.5. The molecule has 2 aromatic carbocycles. The number of non-ortho nitro benzene ring substituents is 1. The summed E-state index contributed by atoms with van der Waals surface area (Å²) in [6.07, 6.45) is 4.62. The van der Waals surface area contributed by atoms with Gasteiger partial charge < -0.3 is 14.2 Å². The van der Waals surface area contributed by atoms with E-state index in [2.05, 4.69) is 15.8 Å². The fourth-order valence-electron chi connectivity index (χ4n) is 3.88. The first-order chi connectivity index (χ1) is 16.0. The SMILES string of the molecule is O=C(NNC(=O)c1ccccc1-n1cccc1)OCC1CCCN1c1ccc([N+](=O)[O-])cc1. The number of nitro groups is 1. The zero-order valence-electron chi connectivity index (χ0n) is 17.7. The molecule has 1 aromatic heterocycles.